The molecule has 1 aromatic carbocycles. The summed E-state index contributed by atoms with van der Waals surface area (Å²) in [5, 5.41) is 6.14. The van der Waals surface area contributed by atoms with Gasteiger partial charge in [-0.1, -0.05) is 17.7 Å². The number of ether oxygens (including phenoxy) is 1. The van der Waals surface area contributed by atoms with E-state index in [1.807, 2.05) is 30.3 Å². The molecule has 4 rings (SSSR count). The number of benzene rings is 1. The van der Waals surface area contributed by atoms with E-state index in [-0.39, 0.29) is 5.91 Å². The summed E-state index contributed by atoms with van der Waals surface area (Å²) >= 11 is 6.02. The minimum atomic E-state index is -0.588. The molecule has 0 saturated carbocycles. The summed E-state index contributed by atoms with van der Waals surface area (Å²) < 4.78 is 4.66. The zero-order valence-corrected chi connectivity index (χ0v) is 18.1. The van der Waals surface area contributed by atoms with Gasteiger partial charge in [0.2, 0.25) is 5.91 Å². The molecule has 0 atom stereocenters. The average Bonchev–Trinajstić information content (AvgIpc) is 2.79. The van der Waals surface area contributed by atoms with Crippen LogP contribution >= 0.6 is 11.6 Å². The molecule has 0 radical (unpaired) electrons. The third-order valence-corrected chi connectivity index (χ3v) is 5.26. The number of halogens is 1. The van der Waals surface area contributed by atoms with E-state index in [0.717, 1.165) is 22.4 Å². The SMILES string of the molecule is COC(=O)Nc1ccc2c(c1)NC(=O)CCC/C=C(/c1ccc(Cl)cn1)c1ccnc-2c1. The fourth-order valence-electron chi connectivity index (χ4n) is 3.49. The number of rotatable bonds is 2. The number of amides is 2. The molecule has 0 unspecified atom stereocenters. The minimum Gasteiger partial charge on any atom is -0.453 e. The maximum absolute atomic E-state index is 12.6. The second-order valence-electron chi connectivity index (χ2n) is 7.23. The van der Waals surface area contributed by atoms with Crippen molar-refractivity contribution < 1.29 is 14.3 Å². The average molecular weight is 449 g/mol. The Bertz CT molecular complexity index is 1190. The summed E-state index contributed by atoms with van der Waals surface area (Å²) in [7, 11) is 1.29. The summed E-state index contributed by atoms with van der Waals surface area (Å²) in [5.74, 6) is -0.113. The van der Waals surface area contributed by atoms with E-state index in [9.17, 15) is 9.59 Å². The summed E-state index contributed by atoms with van der Waals surface area (Å²) in [6.07, 6.45) is 6.59. The third-order valence-electron chi connectivity index (χ3n) is 5.03. The number of hydrogen-bond acceptors (Lipinski definition) is 5. The second-order valence-corrected chi connectivity index (χ2v) is 7.66. The number of anilines is 2. The molecule has 2 bridgehead atoms. The van der Waals surface area contributed by atoms with Gasteiger partial charge in [-0.25, -0.2) is 4.79 Å². The first-order valence-corrected chi connectivity index (χ1v) is 10.5. The Hall–Kier alpha value is -3.71. The first-order valence-electron chi connectivity index (χ1n) is 10.1. The highest BCUT2D eigenvalue weighted by molar-refractivity contribution is 6.30. The third kappa shape index (κ3) is 4.95. The molecule has 0 aliphatic carbocycles. The topological polar surface area (TPSA) is 93.2 Å². The highest BCUT2D eigenvalue weighted by Gasteiger charge is 2.15. The predicted molar refractivity (Wildman–Crippen MR) is 125 cm³/mol. The number of carbonyl (C=O) groups excluding carboxylic acids is 2. The molecule has 0 saturated heterocycles. The first-order chi connectivity index (χ1) is 15.5. The molecule has 1 aliphatic rings. The molecular formula is C24H21ClN4O3. The van der Waals surface area contributed by atoms with E-state index in [0.29, 0.717) is 41.4 Å². The molecule has 2 N–H and O–H groups in total. The fraction of sp³-hybridized carbons (Fsp3) is 0.167. The van der Waals surface area contributed by atoms with Crippen molar-refractivity contribution in [1.82, 2.24) is 9.97 Å². The molecule has 0 fully saturated rings. The molecule has 3 heterocycles. The number of methoxy groups -OCH3 is 1. The van der Waals surface area contributed by atoms with E-state index >= 15 is 0 Å². The van der Waals surface area contributed by atoms with Gasteiger partial charge in [-0.2, -0.15) is 0 Å². The van der Waals surface area contributed by atoms with Gasteiger partial charge in [-0.3, -0.25) is 20.1 Å². The van der Waals surface area contributed by atoms with Crippen molar-refractivity contribution in [3.8, 4) is 11.3 Å². The van der Waals surface area contributed by atoms with Gasteiger partial charge < -0.3 is 10.1 Å². The Morgan fingerprint density at radius 1 is 1.12 bits per heavy atom. The van der Waals surface area contributed by atoms with Crippen LogP contribution in [0.2, 0.25) is 5.02 Å². The van der Waals surface area contributed by atoms with Crippen LogP contribution in [0.3, 0.4) is 0 Å². The summed E-state index contributed by atoms with van der Waals surface area (Å²) in [4.78, 5) is 33.2. The molecule has 162 valence electrons. The minimum absolute atomic E-state index is 0.113. The molecular weight excluding hydrogens is 428 g/mol. The molecule has 8 heteroatoms. The fourth-order valence-corrected chi connectivity index (χ4v) is 3.60. The van der Waals surface area contributed by atoms with Crippen molar-refractivity contribution in [3.05, 3.63) is 77.2 Å². The summed E-state index contributed by atoms with van der Waals surface area (Å²) in [6, 6.07) is 12.8. The Morgan fingerprint density at radius 2 is 2.00 bits per heavy atom. The van der Waals surface area contributed by atoms with Gasteiger partial charge in [0.05, 0.1) is 29.2 Å². The van der Waals surface area contributed by atoms with Crippen molar-refractivity contribution in [2.75, 3.05) is 17.7 Å². The van der Waals surface area contributed by atoms with Crippen molar-refractivity contribution in [3.63, 3.8) is 0 Å². The van der Waals surface area contributed by atoms with Crippen LogP contribution in [0.1, 0.15) is 30.5 Å². The molecule has 0 spiro atoms. The maximum atomic E-state index is 12.6. The van der Waals surface area contributed by atoms with Crippen molar-refractivity contribution in [1.29, 1.82) is 0 Å². The zero-order chi connectivity index (χ0) is 22.5. The van der Waals surface area contributed by atoms with Crippen LogP contribution in [0.15, 0.2) is 60.9 Å². The maximum Gasteiger partial charge on any atom is 0.411 e. The van der Waals surface area contributed by atoms with Gasteiger partial charge in [0.15, 0.2) is 0 Å². The lowest BCUT2D eigenvalue weighted by Crippen LogP contribution is -2.14. The van der Waals surface area contributed by atoms with E-state index in [4.69, 9.17) is 11.6 Å². The van der Waals surface area contributed by atoms with Gasteiger partial charge in [-0.05, 0) is 60.9 Å². The highest BCUT2D eigenvalue weighted by Crippen LogP contribution is 2.33. The van der Waals surface area contributed by atoms with Crippen LogP contribution in [-0.2, 0) is 9.53 Å². The smallest absolute Gasteiger partial charge is 0.411 e. The summed E-state index contributed by atoms with van der Waals surface area (Å²) in [5.41, 5.74) is 5.19. The van der Waals surface area contributed by atoms with Crippen LogP contribution in [0.5, 0.6) is 0 Å². The summed E-state index contributed by atoms with van der Waals surface area (Å²) in [6.45, 7) is 0. The van der Waals surface area contributed by atoms with Gasteiger partial charge in [-0.15, -0.1) is 0 Å². The van der Waals surface area contributed by atoms with Gasteiger partial charge >= 0.3 is 6.09 Å². The number of pyridine rings is 2. The largest absolute Gasteiger partial charge is 0.453 e. The van der Waals surface area contributed by atoms with E-state index in [1.54, 1.807) is 24.5 Å². The van der Waals surface area contributed by atoms with Crippen LogP contribution in [0.25, 0.3) is 16.8 Å². The van der Waals surface area contributed by atoms with Gasteiger partial charge in [0, 0.05) is 35.6 Å². The molecule has 3 aromatic rings. The molecule has 32 heavy (non-hydrogen) atoms. The van der Waals surface area contributed by atoms with E-state index < -0.39 is 6.09 Å². The number of nitrogens with one attached hydrogen (secondary N) is 2. The standard InChI is InChI=1S/C24H21ClN4O3/c1-32-24(31)28-17-7-8-19-21-12-15(10-11-26-21)18(20-9-6-16(25)14-27-20)4-2-3-5-23(30)29-22(19)13-17/h4,6-14H,2-3,5H2,1H3,(H,28,31)(H,29,30)/b18-4+. The van der Waals surface area contributed by atoms with Crippen LogP contribution in [0, 0.1) is 0 Å². The predicted octanol–water partition coefficient (Wildman–Crippen LogP) is 5.53. The number of allylic oxidation sites excluding steroid dienone is 1. The highest BCUT2D eigenvalue weighted by atomic mass is 35.5. The number of hydrogen-bond donors (Lipinski definition) is 2. The Kier molecular flexibility index (Phi) is 6.47. The lowest BCUT2D eigenvalue weighted by atomic mass is 9.97. The Morgan fingerprint density at radius 3 is 2.78 bits per heavy atom. The second kappa shape index (κ2) is 9.62. The first kappa shape index (κ1) is 21.5. The van der Waals surface area contributed by atoms with Crippen LogP contribution < -0.4 is 10.6 Å². The monoisotopic (exact) mass is 448 g/mol. The lowest BCUT2D eigenvalue weighted by molar-refractivity contribution is -0.116. The molecule has 7 nitrogen and oxygen atoms in total. The van der Waals surface area contributed by atoms with E-state index in [2.05, 4.69) is 31.4 Å². The number of carbonyl (C=O) groups is 2. The van der Waals surface area contributed by atoms with Crippen LogP contribution in [0.4, 0.5) is 16.2 Å². The Balaban J connectivity index is 1.81. The molecule has 2 amide bonds. The molecule has 2 aromatic heterocycles. The Labute approximate surface area is 190 Å². The van der Waals surface area contributed by atoms with Crippen molar-refractivity contribution in [2.45, 2.75) is 19.3 Å². The number of aromatic nitrogens is 2. The lowest BCUT2D eigenvalue weighted by Gasteiger charge is -2.16. The molecule has 1 aliphatic heterocycles. The normalized spacial score (nSPS) is 15.2. The van der Waals surface area contributed by atoms with Crippen molar-refractivity contribution >= 4 is 40.5 Å². The number of nitrogens with zero attached hydrogens (tertiary/aromatic N) is 2. The van der Waals surface area contributed by atoms with E-state index in [1.165, 1.54) is 7.11 Å². The van der Waals surface area contributed by atoms with Gasteiger partial charge in [0.25, 0.3) is 0 Å². The quantitative estimate of drug-likeness (QED) is 0.537. The van der Waals surface area contributed by atoms with Gasteiger partial charge in [0.1, 0.15) is 0 Å². The number of fused-ring (bicyclic) bond motifs is 4. The zero-order valence-electron chi connectivity index (χ0n) is 17.4. The van der Waals surface area contributed by atoms with Crippen LogP contribution in [-0.4, -0.2) is 29.1 Å². The van der Waals surface area contributed by atoms with Crippen molar-refractivity contribution in [2.24, 2.45) is 0 Å².